The normalized spacial score (nSPS) is 28.6. The van der Waals surface area contributed by atoms with Crippen LogP contribution in [0.5, 0.6) is 0 Å². The summed E-state index contributed by atoms with van der Waals surface area (Å²) in [4.78, 5) is 6.85. The minimum atomic E-state index is 0.354. The van der Waals surface area contributed by atoms with E-state index in [4.69, 9.17) is 0 Å². The van der Waals surface area contributed by atoms with Gasteiger partial charge in [0.2, 0.25) is 0 Å². The number of rotatable bonds is 2. The summed E-state index contributed by atoms with van der Waals surface area (Å²) < 4.78 is 0. The van der Waals surface area contributed by atoms with E-state index in [-0.39, 0.29) is 0 Å². The van der Waals surface area contributed by atoms with E-state index in [9.17, 15) is 0 Å². The lowest BCUT2D eigenvalue weighted by Gasteiger charge is -2.31. The van der Waals surface area contributed by atoms with Gasteiger partial charge >= 0.3 is 0 Å². The molecule has 1 aliphatic heterocycles. The summed E-state index contributed by atoms with van der Waals surface area (Å²) in [5.74, 6) is 1.18. The first-order valence-electron chi connectivity index (χ1n) is 6.19. The Hall–Kier alpha value is -1.05. The highest BCUT2D eigenvalue weighted by Crippen LogP contribution is 2.33. The maximum Gasteiger partial charge on any atom is 0.0971 e. The molecular weight excluding hydrogens is 196 g/mol. The molecule has 0 radical (unpaired) electrons. The van der Waals surface area contributed by atoms with Crippen molar-refractivity contribution in [2.45, 2.75) is 39.8 Å². The number of hydrogen-bond acceptors (Lipinski definition) is 2. The van der Waals surface area contributed by atoms with Crippen LogP contribution in [0.15, 0.2) is 28.3 Å². The van der Waals surface area contributed by atoms with Crippen LogP contribution in [0.3, 0.4) is 0 Å². The Kier molecular flexibility index (Phi) is 2.92. The summed E-state index contributed by atoms with van der Waals surface area (Å²) in [6.45, 7) is 9.05. The number of allylic oxidation sites excluding steroid dienone is 2. The molecule has 0 aromatic carbocycles. The fraction of sp³-hybridized carbons (Fsp3) is 0.643. The molecule has 0 saturated heterocycles. The van der Waals surface area contributed by atoms with Crippen LogP contribution in [0.2, 0.25) is 0 Å². The van der Waals surface area contributed by atoms with Crippen molar-refractivity contribution in [1.82, 2.24) is 4.90 Å². The molecule has 1 heterocycles. The molecule has 0 amide bonds. The summed E-state index contributed by atoms with van der Waals surface area (Å²) in [7, 11) is 2.12. The van der Waals surface area contributed by atoms with Crippen LogP contribution < -0.4 is 0 Å². The molecule has 0 N–H and O–H groups in total. The molecule has 0 spiro atoms. The molecule has 0 bridgehead atoms. The molecular formula is C14H22N2. The van der Waals surface area contributed by atoms with E-state index < -0.39 is 0 Å². The molecule has 2 nitrogen and oxygen atoms in total. The highest BCUT2D eigenvalue weighted by molar-refractivity contribution is 5.62. The van der Waals surface area contributed by atoms with Crippen LogP contribution in [-0.2, 0) is 0 Å². The van der Waals surface area contributed by atoms with Gasteiger partial charge in [0.1, 0.15) is 0 Å². The van der Waals surface area contributed by atoms with E-state index in [1.807, 2.05) is 6.34 Å². The van der Waals surface area contributed by atoms with Gasteiger partial charge in [-0.05, 0) is 23.0 Å². The standard InChI is InChI=1S/C14H22N2/c1-9(2)11-6-12(10(3)4)14-13(7-11)16(5)8-15-14/h6-10,13-14H,1-5H3. The smallest absolute Gasteiger partial charge is 0.0971 e. The highest BCUT2D eigenvalue weighted by atomic mass is 15.2. The number of hydrogen-bond donors (Lipinski definition) is 0. The van der Waals surface area contributed by atoms with Gasteiger partial charge in [-0.2, -0.15) is 0 Å². The predicted molar refractivity (Wildman–Crippen MR) is 69.7 cm³/mol. The quantitative estimate of drug-likeness (QED) is 0.696. The first kappa shape index (κ1) is 11.4. The van der Waals surface area contributed by atoms with Gasteiger partial charge in [-0.3, -0.25) is 4.99 Å². The van der Waals surface area contributed by atoms with Gasteiger partial charge in [0.05, 0.1) is 18.4 Å². The van der Waals surface area contributed by atoms with E-state index in [1.54, 1.807) is 0 Å². The van der Waals surface area contributed by atoms with Gasteiger partial charge < -0.3 is 4.90 Å². The molecule has 0 fully saturated rings. The average Bonchev–Trinajstić information content (AvgIpc) is 2.59. The molecule has 88 valence electrons. The predicted octanol–water partition coefficient (Wildman–Crippen LogP) is 2.88. The topological polar surface area (TPSA) is 15.6 Å². The minimum Gasteiger partial charge on any atom is -0.357 e. The maximum atomic E-state index is 4.62. The maximum absolute atomic E-state index is 4.62. The fourth-order valence-corrected chi connectivity index (χ4v) is 2.45. The molecule has 2 unspecified atom stereocenters. The molecule has 2 rings (SSSR count). The van der Waals surface area contributed by atoms with Crippen LogP contribution in [-0.4, -0.2) is 30.4 Å². The van der Waals surface area contributed by atoms with Crippen molar-refractivity contribution in [1.29, 1.82) is 0 Å². The SMILES string of the molecule is CC(C)C1=CC2C(N=CN2C)C(C(C)C)=C1. The van der Waals surface area contributed by atoms with Crippen molar-refractivity contribution in [3.8, 4) is 0 Å². The number of fused-ring (bicyclic) bond motifs is 1. The Balaban J connectivity index is 2.36. The molecule has 16 heavy (non-hydrogen) atoms. The van der Waals surface area contributed by atoms with Crippen molar-refractivity contribution in [2.24, 2.45) is 16.8 Å². The van der Waals surface area contributed by atoms with Gasteiger partial charge in [-0.25, -0.2) is 0 Å². The molecule has 2 heteroatoms. The number of nitrogens with zero attached hydrogens (tertiary/aromatic N) is 2. The van der Waals surface area contributed by atoms with Crippen LogP contribution in [0.1, 0.15) is 27.7 Å². The Labute approximate surface area is 98.7 Å². The van der Waals surface area contributed by atoms with Crippen molar-refractivity contribution in [3.63, 3.8) is 0 Å². The minimum absolute atomic E-state index is 0.354. The van der Waals surface area contributed by atoms with E-state index in [1.165, 1.54) is 11.1 Å². The lowest BCUT2D eigenvalue weighted by molar-refractivity contribution is 0.417. The fourth-order valence-electron chi connectivity index (χ4n) is 2.45. The number of aliphatic imine (C=N–C) groups is 1. The molecule has 2 aliphatic rings. The van der Waals surface area contributed by atoms with Gasteiger partial charge in [0, 0.05) is 7.05 Å². The monoisotopic (exact) mass is 218 g/mol. The Morgan fingerprint density at radius 3 is 2.44 bits per heavy atom. The van der Waals surface area contributed by atoms with Gasteiger partial charge in [0.15, 0.2) is 0 Å². The summed E-state index contributed by atoms with van der Waals surface area (Å²) in [5, 5.41) is 0. The van der Waals surface area contributed by atoms with Gasteiger partial charge in [0.25, 0.3) is 0 Å². The van der Waals surface area contributed by atoms with Crippen molar-refractivity contribution in [3.05, 3.63) is 23.3 Å². The zero-order valence-electron chi connectivity index (χ0n) is 10.9. The van der Waals surface area contributed by atoms with Crippen molar-refractivity contribution >= 4 is 6.34 Å². The third-order valence-electron chi connectivity index (χ3n) is 3.57. The van der Waals surface area contributed by atoms with E-state index >= 15 is 0 Å². The Morgan fingerprint density at radius 1 is 1.19 bits per heavy atom. The van der Waals surface area contributed by atoms with Gasteiger partial charge in [-0.15, -0.1) is 0 Å². The van der Waals surface area contributed by atoms with E-state index in [2.05, 4.69) is 56.8 Å². The molecule has 0 aromatic rings. The lowest BCUT2D eigenvalue weighted by Crippen LogP contribution is -2.36. The lowest BCUT2D eigenvalue weighted by atomic mass is 9.82. The van der Waals surface area contributed by atoms with Crippen LogP contribution in [0.25, 0.3) is 0 Å². The molecule has 1 aliphatic carbocycles. The molecule has 2 atom stereocenters. The summed E-state index contributed by atoms with van der Waals surface area (Å²) in [6, 6.07) is 0.798. The molecule has 0 aromatic heterocycles. The summed E-state index contributed by atoms with van der Waals surface area (Å²) in [6.07, 6.45) is 6.73. The van der Waals surface area contributed by atoms with Gasteiger partial charge in [-0.1, -0.05) is 39.8 Å². The average molecular weight is 218 g/mol. The van der Waals surface area contributed by atoms with Crippen LogP contribution in [0, 0.1) is 11.8 Å². The van der Waals surface area contributed by atoms with Crippen molar-refractivity contribution < 1.29 is 0 Å². The summed E-state index contributed by atoms with van der Waals surface area (Å²) >= 11 is 0. The third-order valence-corrected chi connectivity index (χ3v) is 3.57. The first-order chi connectivity index (χ1) is 7.50. The molecule has 0 saturated carbocycles. The second-order valence-corrected chi connectivity index (χ2v) is 5.49. The second-order valence-electron chi connectivity index (χ2n) is 5.49. The van der Waals surface area contributed by atoms with Crippen LogP contribution in [0.4, 0.5) is 0 Å². The largest absolute Gasteiger partial charge is 0.357 e. The first-order valence-corrected chi connectivity index (χ1v) is 6.19. The Morgan fingerprint density at radius 2 is 1.88 bits per heavy atom. The zero-order chi connectivity index (χ0) is 11.9. The van der Waals surface area contributed by atoms with Crippen LogP contribution >= 0.6 is 0 Å². The Bertz CT molecular complexity index is 361. The highest BCUT2D eigenvalue weighted by Gasteiger charge is 2.34. The third kappa shape index (κ3) is 1.81. The van der Waals surface area contributed by atoms with E-state index in [0.29, 0.717) is 23.9 Å². The number of likely N-dealkylation sites (N-methyl/N-ethyl adjacent to an activating group) is 1. The zero-order valence-corrected chi connectivity index (χ0v) is 10.9. The van der Waals surface area contributed by atoms with Crippen molar-refractivity contribution in [2.75, 3.05) is 7.05 Å². The van der Waals surface area contributed by atoms with E-state index in [0.717, 1.165) is 0 Å². The second kappa shape index (κ2) is 4.08. The summed E-state index contributed by atoms with van der Waals surface area (Å²) in [5.41, 5.74) is 2.94.